The fourth-order valence-corrected chi connectivity index (χ4v) is 5.63. The molecule has 3 amide bonds. The quantitative estimate of drug-likeness (QED) is 0.208. The lowest BCUT2D eigenvalue weighted by Crippen LogP contribution is -2.78. The number of esters is 1. The number of benzene rings is 1. The van der Waals surface area contributed by atoms with Gasteiger partial charge in [-0.15, -0.1) is 0 Å². The summed E-state index contributed by atoms with van der Waals surface area (Å²) < 4.78 is 15.9. The van der Waals surface area contributed by atoms with Crippen LogP contribution in [0.4, 0.5) is 0 Å². The Kier molecular flexibility index (Phi) is 5.21. The van der Waals surface area contributed by atoms with Crippen molar-refractivity contribution in [3.63, 3.8) is 0 Å². The average Bonchev–Trinajstić information content (AvgIpc) is 2.91. The van der Waals surface area contributed by atoms with Crippen molar-refractivity contribution in [2.45, 2.75) is 21.3 Å². The molecular formula is C18H13Cl3N2O6S. The van der Waals surface area contributed by atoms with E-state index in [1.807, 2.05) is 0 Å². The van der Waals surface area contributed by atoms with Gasteiger partial charge in [0.05, 0.1) is 21.9 Å². The lowest BCUT2D eigenvalue weighted by molar-refractivity contribution is -0.165. The molecule has 8 nitrogen and oxygen atoms in total. The van der Waals surface area contributed by atoms with Crippen molar-refractivity contribution in [1.29, 1.82) is 0 Å². The zero-order chi connectivity index (χ0) is 22.0. The third-order valence-corrected chi connectivity index (χ3v) is 7.02. The number of carbonyl (C=O) groups is 4. The topological polar surface area (TPSA) is 101 Å². The Bertz CT molecular complexity index is 1000. The van der Waals surface area contributed by atoms with E-state index in [1.54, 1.807) is 12.1 Å². The zero-order valence-corrected chi connectivity index (χ0v) is 18.1. The van der Waals surface area contributed by atoms with Crippen LogP contribution in [0.2, 0.25) is 0 Å². The minimum absolute atomic E-state index is 0.109. The predicted octanol–water partition coefficient (Wildman–Crippen LogP) is 1.42. The highest BCUT2D eigenvalue weighted by atomic mass is 35.6. The fraction of sp³-hybridized carbons (Fsp3) is 0.333. The summed E-state index contributed by atoms with van der Waals surface area (Å²) in [5, 5.41) is -1.06. The maximum absolute atomic E-state index is 13.0. The molecule has 3 heterocycles. The fourth-order valence-electron chi connectivity index (χ4n) is 3.77. The molecule has 0 N–H and O–H groups in total. The number of amides is 3. The summed E-state index contributed by atoms with van der Waals surface area (Å²) in [6, 6.07) is 3.62. The van der Waals surface area contributed by atoms with Crippen molar-refractivity contribution in [2.75, 3.05) is 12.4 Å². The van der Waals surface area contributed by atoms with E-state index in [1.165, 1.54) is 12.1 Å². The van der Waals surface area contributed by atoms with Crippen LogP contribution in [-0.4, -0.2) is 71.3 Å². The van der Waals surface area contributed by atoms with Crippen LogP contribution < -0.4 is 0 Å². The van der Waals surface area contributed by atoms with Crippen molar-refractivity contribution < 1.29 is 28.1 Å². The molecule has 4 rings (SSSR count). The van der Waals surface area contributed by atoms with Crippen LogP contribution in [0.3, 0.4) is 0 Å². The Balaban J connectivity index is 1.61. The van der Waals surface area contributed by atoms with Crippen molar-refractivity contribution in [2.24, 2.45) is 0 Å². The van der Waals surface area contributed by atoms with Gasteiger partial charge in [0.2, 0.25) is 3.79 Å². The van der Waals surface area contributed by atoms with E-state index in [4.69, 9.17) is 39.5 Å². The smallest absolute Gasteiger partial charge is 0.333 e. The molecule has 158 valence electrons. The Labute approximate surface area is 188 Å². The molecule has 1 aromatic rings. The summed E-state index contributed by atoms with van der Waals surface area (Å²) in [6.45, 7) is 3.16. The van der Waals surface area contributed by atoms with E-state index in [0.29, 0.717) is 0 Å². The van der Waals surface area contributed by atoms with Gasteiger partial charge in [-0.05, 0) is 17.7 Å². The number of hydrogen-bond donors (Lipinski definition) is 0. The highest BCUT2D eigenvalue weighted by Crippen LogP contribution is 2.40. The van der Waals surface area contributed by atoms with Crippen LogP contribution in [0.5, 0.6) is 0 Å². The number of imide groups is 1. The number of alkyl halides is 3. The maximum atomic E-state index is 13.0. The highest BCUT2D eigenvalue weighted by Gasteiger charge is 2.63. The first kappa shape index (κ1) is 21.3. The van der Waals surface area contributed by atoms with Gasteiger partial charge >= 0.3 is 5.97 Å². The molecule has 2 saturated heterocycles. The number of rotatable bonds is 3. The molecule has 12 heteroatoms. The number of carbonyl (C=O) groups excluding carboxylic acids is 4. The lowest BCUT2D eigenvalue weighted by atomic mass is 9.97. The van der Waals surface area contributed by atoms with E-state index in [2.05, 4.69) is 6.58 Å². The average molecular weight is 492 g/mol. The first-order chi connectivity index (χ1) is 14.0. The van der Waals surface area contributed by atoms with Gasteiger partial charge in [-0.1, -0.05) is 53.5 Å². The molecule has 0 bridgehead atoms. The predicted molar refractivity (Wildman–Crippen MR) is 109 cm³/mol. The molecule has 0 aliphatic carbocycles. The minimum atomic E-state index is -1.85. The second-order valence-corrected chi connectivity index (χ2v) is 11.0. The molecular weight excluding hydrogens is 479 g/mol. The van der Waals surface area contributed by atoms with Crippen LogP contribution in [-0.2, 0) is 25.1 Å². The van der Waals surface area contributed by atoms with Gasteiger partial charge in [-0.25, -0.2) is 4.79 Å². The van der Waals surface area contributed by atoms with Crippen LogP contribution >= 0.6 is 34.8 Å². The molecule has 3 unspecified atom stereocenters. The number of nitrogens with zero attached hydrogens (tertiary/aromatic N) is 2. The third-order valence-electron chi connectivity index (χ3n) is 5.02. The van der Waals surface area contributed by atoms with Gasteiger partial charge in [-0.3, -0.25) is 23.5 Å². The Morgan fingerprint density at radius 3 is 2.27 bits per heavy atom. The minimum Gasteiger partial charge on any atom is -0.459 e. The van der Waals surface area contributed by atoms with Gasteiger partial charge in [0.1, 0.15) is 12.0 Å². The highest BCUT2D eigenvalue weighted by molar-refractivity contribution is 7.86. The SMILES string of the molecule is C=C1CS(=O)[C@H]2C(N3C(=O)c4ccccc4C3=O)C(=O)N2C1C(=O)OCC(Cl)(Cl)Cl. The van der Waals surface area contributed by atoms with Gasteiger partial charge in [-0.2, -0.15) is 0 Å². The first-order valence-electron chi connectivity index (χ1n) is 8.60. The van der Waals surface area contributed by atoms with Crippen molar-refractivity contribution in [3.05, 3.63) is 47.5 Å². The summed E-state index contributed by atoms with van der Waals surface area (Å²) in [5.41, 5.74) is 0.518. The van der Waals surface area contributed by atoms with Crippen LogP contribution in [0.1, 0.15) is 20.7 Å². The van der Waals surface area contributed by atoms with E-state index >= 15 is 0 Å². The molecule has 4 atom stereocenters. The summed E-state index contributed by atoms with van der Waals surface area (Å²) in [5.74, 6) is -3.01. The van der Waals surface area contributed by atoms with Crippen molar-refractivity contribution in [3.8, 4) is 0 Å². The van der Waals surface area contributed by atoms with E-state index in [0.717, 1.165) is 9.80 Å². The summed E-state index contributed by atoms with van der Waals surface area (Å²) in [6.07, 6.45) is 0. The molecule has 3 aliphatic heterocycles. The summed E-state index contributed by atoms with van der Waals surface area (Å²) in [4.78, 5) is 52.8. The number of halogens is 3. The van der Waals surface area contributed by atoms with Crippen molar-refractivity contribution >= 4 is 69.3 Å². The number of β-lactam (4-membered cyclic amide) rings is 1. The van der Waals surface area contributed by atoms with Gasteiger partial charge in [0, 0.05) is 5.75 Å². The second kappa shape index (κ2) is 7.33. The lowest BCUT2D eigenvalue weighted by Gasteiger charge is -2.53. The first-order valence-corrected chi connectivity index (χ1v) is 11.1. The number of fused-ring (bicyclic) bond motifs is 2. The molecule has 0 saturated carbocycles. The molecule has 1 aromatic carbocycles. The van der Waals surface area contributed by atoms with Gasteiger partial charge < -0.3 is 9.64 Å². The largest absolute Gasteiger partial charge is 0.459 e. The monoisotopic (exact) mass is 490 g/mol. The van der Waals surface area contributed by atoms with Crippen LogP contribution in [0, 0.1) is 0 Å². The Morgan fingerprint density at radius 1 is 1.17 bits per heavy atom. The van der Waals surface area contributed by atoms with Gasteiger partial charge in [0.25, 0.3) is 17.7 Å². The van der Waals surface area contributed by atoms with Crippen molar-refractivity contribution in [1.82, 2.24) is 9.80 Å². The summed E-state index contributed by atoms with van der Waals surface area (Å²) in [7, 11) is -1.69. The van der Waals surface area contributed by atoms with Gasteiger partial charge in [0.15, 0.2) is 12.1 Å². The number of hydrogen-bond acceptors (Lipinski definition) is 6. The summed E-state index contributed by atoms with van der Waals surface area (Å²) >= 11 is 16.8. The normalized spacial score (nSPS) is 28.2. The second-order valence-electron chi connectivity index (χ2n) is 6.92. The molecule has 0 spiro atoms. The van der Waals surface area contributed by atoms with Crippen LogP contribution in [0.25, 0.3) is 0 Å². The molecule has 0 radical (unpaired) electrons. The standard InChI is InChI=1S/C18H13Cl3N2O6S/c1-8-6-30(28)16-12(22-13(24)9-4-2-3-5-10(9)14(22)25)15(26)23(16)11(8)17(27)29-7-18(19,20)21/h2-5,11-12,16H,1,6-7H2/t11?,12?,16-,30?/m0/s1. The Hall–Kier alpha value is -1.94. The molecule has 30 heavy (non-hydrogen) atoms. The number of ether oxygens (including phenoxy) is 1. The third kappa shape index (κ3) is 3.24. The zero-order valence-electron chi connectivity index (χ0n) is 15.0. The molecule has 2 fully saturated rings. The van der Waals surface area contributed by atoms with E-state index in [9.17, 15) is 23.4 Å². The van der Waals surface area contributed by atoms with Crippen LogP contribution in [0.15, 0.2) is 36.4 Å². The van der Waals surface area contributed by atoms with E-state index in [-0.39, 0.29) is 22.5 Å². The maximum Gasteiger partial charge on any atom is 0.333 e. The van der Waals surface area contributed by atoms with E-state index < -0.39 is 62.3 Å². The molecule has 3 aliphatic rings. The molecule has 0 aromatic heterocycles. The Morgan fingerprint density at radius 2 is 1.73 bits per heavy atom.